The zero-order chi connectivity index (χ0) is 22.9. The van der Waals surface area contributed by atoms with Crippen molar-refractivity contribution in [3.8, 4) is 11.5 Å². The summed E-state index contributed by atoms with van der Waals surface area (Å²) in [6, 6.07) is 19.7. The molecule has 0 saturated heterocycles. The topological polar surface area (TPSA) is 103 Å². The Morgan fingerprint density at radius 2 is 1.85 bits per heavy atom. The van der Waals surface area contributed by atoms with Gasteiger partial charge in [0.25, 0.3) is 11.8 Å². The number of ether oxygens (including phenoxy) is 2. The molecule has 33 heavy (non-hydrogen) atoms. The number of rotatable bonds is 10. The van der Waals surface area contributed by atoms with Crippen molar-refractivity contribution in [3.05, 3.63) is 85.0 Å². The molecule has 4 rings (SSSR count). The van der Waals surface area contributed by atoms with Crippen molar-refractivity contribution in [1.29, 1.82) is 0 Å². The molecule has 4 aromatic rings. The summed E-state index contributed by atoms with van der Waals surface area (Å²) in [7, 11) is 0. The number of pyridine rings is 1. The van der Waals surface area contributed by atoms with Crippen LogP contribution >= 0.6 is 0 Å². The van der Waals surface area contributed by atoms with E-state index in [1.54, 1.807) is 42.6 Å². The molecule has 2 aromatic carbocycles. The van der Waals surface area contributed by atoms with Crippen molar-refractivity contribution < 1.29 is 23.5 Å². The minimum absolute atomic E-state index is 0.135. The number of anilines is 1. The number of furan rings is 1. The molecule has 168 valence electrons. The number of carbonyl (C=O) groups is 2. The van der Waals surface area contributed by atoms with E-state index in [9.17, 15) is 9.59 Å². The van der Waals surface area contributed by atoms with E-state index in [2.05, 4.69) is 15.6 Å². The van der Waals surface area contributed by atoms with Crippen molar-refractivity contribution in [2.75, 3.05) is 25.1 Å². The minimum atomic E-state index is -0.364. The number of hydrogen-bond acceptors (Lipinski definition) is 6. The fourth-order valence-corrected chi connectivity index (χ4v) is 3.14. The SMILES string of the molecule is O=C(COc1cccc(NC(=O)c2ccco2)c1)NCCCOc1cccc2cccnc12. The third-order valence-electron chi connectivity index (χ3n) is 4.70. The van der Waals surface area contributed by atoms with E-state index in [0.29, 0.717) is 31.0 Å². The third-order valence-corrected chi connectivity index (χ3v) is 4.70. The average molecular weight is 445 g/mol. The van der Waals surface area contributed by atoms with Crippen LogP contribution in [-0.2, 0) is 4.79 Å². The summed E-state index contributed by atoms with van der Waals surface area (Å²) < 4.78 is 16.4. The summed E-state index contributed by atoms with van der Waals surface area (Å²) in [5.41, 5.74) is 1.36. The van der Waals surface area contributed by atoms with Gasteiger partial charge < -0.3 is 24.5 Å². The molecule has 0 saturated carbocycles. The molecule has 8 heteroatoms. The molecule has 2 amide bonds. The van der Waals surface area contributed by atoms with Crippen LogP contribution < -0.4 is 20.1 Å². The highest BCUT2D eigenvalue weighted by Crippen LogP contribution is 2.23. The van der Waals surface area contributed by atoms with Crippen LogP contribution in [-0.4, -0.2) is 36.6 Å². The van der Waals surface area contributed by atoms with Gasteiger partial charge in [-0.2, -0.15) is 0 Å². The number of fused-ring (bicyclic) bond motifs is 1. The number of aromatic nitrogens is 1. The Morgan fingerprint density at radius 3 is 2.73 bits per heavy atom. The van der Waals surface area contributed by atoms with E-state index in [-0.39, 0.29) is 24.2 Å². The second-order valence-electron chi connectivity index (χ2n) is 7.13. The van der Waals surface area contributed by atoms with Crippen LogP contribution in [0.3, 0.4) is 0 Å². The Labute approximate surface area is 190 Å². The van der Waals surface area contributed by atoms with E-state index in [0.717, 1.165) is 16.7 Å². The highest BCUT2D eigenvalue weighted by molar-refractivity contribution is 6.02. The van der Waals surface area contributed by atoms with Crippen LogP contribution in [0, 0.1) is 0 Å². The van der Waals surface area contributed by atoms with Gasteiger partial charge in [0, 0.05) is 29.9 Å². The summed E-state index contributed by atoms with van der Waals surface area (Å²) in [6.45, 7) is 0.775. The Balaban J connectivity index is 1.17. The minimum Gasteiger partial charge on any atom is -0.491 e. The van der Waals surface area contributed by atoms with Crippen LogP contribution in [0.2, 0.25) is 0 Å². The summed E-state index contributed by atoms with van der Waals surface area (Å²) >= 11 is 0. The van der Waals surface area contributed by atoms with E-state index in [4.69, 9.17) is 13.9 Å². The largest absolute Gasteiger partial charge is 0.491 e. The van der Waals surface area contributed by atoms with Gasteiger partial charge in [-0.25, -0.2) is 0 Å². The van der Waals surface area contributed by atoms with Gasteiger partial charge in [0.15, 0.2) is 12.4 Å². The van der Waals surface area contributed by atoms with Crippen LogP contribution in [0.1, 0.15) is 17.0 Å². The Morgan fingerprint density at radius 1 is 0.970 bits per heavy atom. The molecule has 0 aliphatic carbocycles. The molecule has 0 spiro atoms. The molecule has 0 aliphatic rings. The van der Waals surface area contributed by atoms with Crippen LogP contribution in [0.25, 0.3) is 10.9 Å². The molecular formula is C25H23N3O5. The monoisotopic (exact) mass is 445 g/mol. The van der Waals surface area contributed by atoms with E-state index in [1.165, 1.54) is 6.26 Å². The zero-order valence-corrected chi connectivity index (χ0v) is 17.8. The lowest BCUT2D eigenvalue weighted by Crippen LogP contribution is -2.30. The number of carbonyl (C=O) groups excluding carboxylic acids is 2. The highest BCUT2D eigenvalue weighted by atomic mass is 16.5. The highest BCUT2D eigenvalue weighted by Gasteiger charge is 2.10. The van der Waals surface area contributed by atoms with Crippen molar-refractivity contribution in [3.63, 3.8) is 0 Å². The summed E-state index contributed by atoms with van der Waals surface area (Å²) in [4.78, 5) is 28.5. The lowest BCUT2D eigenvalue weighted by atomic mass is 10.2. The first kappa shape index (κ1) is 21.9. The van der Waals surface area contributed by atoms with E-state index in [1.807, 2.05) is 30.3 Å². The molecule has 0 unspecified atom stereocenters. The molecular weight excluding hydrogens is 422 g/mol. The second-order valence-corrected chi connectivity index (χ2v) is 7.13. The molecule has 2 N–H and O–H groups in total. The van der Waals surface area contributed by atoms with Gasteiger partial charge in [0.2, 0.25) is 0 Å². The number of nitrogens with one attached hydrogen (secondary N) is 2. The normalized spacial score (nSPS) is 10.5. The molecule has 2 heterocycles. The van der Waals surface area contributed by atoms with Gasteiger partial charge in [-0.15, -0.1) is 0 Å². The first-order valence-electron chi connectivity index (χ1n) is 10.5. The second kappa shape index (κ2) is 10.8. The van der Waals surface area contributed by atoms with E-state index >= 15 is 0 Å². The maximum atomic E-state index is 12.1. The standard InChI is InChI=1S/C25H23N3O5/c29-23(26-13-5-15-31-21-10-1-6-18-7-3-12-27-24(18)21)17-33-20-9-2-8-19(16-20)28-25(30)22-11-4-14-32-22/h1-4,6-12,14,16H,5,13,15,17H2,(H,26,29)(H,28,30). The van der Waals surface area contributed by atoms with Crippen LogP contribution in [0.5, 0.6) is 11.5 Å². The van der Waals surface area contributed by atoms with Crippen molar-refractivity contribution >= 4 is 28.4 Å². The Kier molecular flexibility index (Phi) is 7.17. The van der Waals surface area contributed by atoms with Gasteiger partial charge in [-0.1, -0.05) is 24.3 Å². The molecule has 0 bridgehead atoms. The average Bonchev–Trinajstić information content (AvgIpc) is 3.38. The maximum absolute atomic E-state index is 12.1. The fraction of sp³-hybridized carbons (Fsp3) is 0.160. The first-order valence-corrected chi connectivity index (χ1v) is 10.5. The fourth-order valence-electron chi connectivity index (χ4n) is 3.14. The Bertz CT molecular complexity index is 1220. The molecule has 0 atom stereocenters. The Hall–Kier alpha value is -4.33. The summed E-state index contributed by atoms with van der Waals surface area (Å²) in [5, 5.41) is 6.53. The molecule has 2 aromatic heterocycles. The maximum Gasteiger partial charge on any atom is 0.291 e. The smallest absolute Gasteiger partial charge is 0.291 e. The first-order chi connectivity index (χ1) is 16.2. The van der Waals surface area contributed by atoms with Crippen molar-refractivity contribution in [1.82, 2.24) is 10.3 Å². The third kappa shape index (κ3) is 6.10. The molecule has 0 radical (unpaired) electrons. The van der Waals surface area contributed by atoms with Gasteiger partial charge in [0.1, 0.15) is 17.0 Å². The quantitative estimate of drug-likeness (QED) is 0.357. The number of para-hydroxylation sites is 1. The van der Waals surface area contributed by atoms with Crippen LogP contribution in [0.4, 0.5) is 5.69 Å². The number of benzene rings is 2. The van der Waals surface area contributed by atoms with Gasteiger partial charge in [0.05, 0.1) is 12.9 Å². The molecule has 8 nitrogen and oxygen atoms in total. The number of amides is 2. The number of nitrogens with zero attached hydrogens (tertiary/aromatic N) is 1. The number of hydrogen-bond donors (Lipinski definition) is 2. The van der Waals surface area contributed by atoms with Gasteiger partial charge >= 0.3 is 0 Å². The van der Waals surface area contributed by atoms with Gasteiger partial charge in [-0.3, -0.25) is 14.6 Å². The van der Waals surface area contributed by atoms with Crippen LogP contribution in [0.15, 0.2) is 83.6 Å². The zero-order valence-electron chi connectivity index (χ0n) is 17.8. The summed E-state index contributed by atoms with van der Waals surface area (Å²) in [6.07, 6.45) is 3.81. The lowest BCUT2D eigenvalue weighted by molar-refractivity contribution is -0.123. The van der Waals surface area contributed by atoms with E-state index < -0.39 is 0 Å². The predicted octanol–water partition coefficient (Wildman–Crippen LogP) is 4.04. The van der Waals surface area contributed by atoms with Crippen molar-refractivity contribution in [2.24, 2.45) is 0 Å². The lowest BCUT2D eigenvalue weighted by Gasteiger charge is -2.10. The van der Waals surface area contributed by atoms with Crippen molar-refractivity contribution in [2.45, 2.75) is 6.42 Å². The molecule has 0 fully saturated rings. The summed E-state index contributed by atoms with van der Waals surface area (Å²) in [5.74, 6) is 0.792. The molecule has 0 aliphatic heterocycles. The predicted molar refractivity (Wildman–Crippen MR) is 123 cm³/mol. The van der Waals surface area contributed by atoms with Gasteiger partial charge in [-0.05, 0) is 42.8 Å².